The van der Waals surface area contributed by atoms with Gasteiger partial charge in [-0.05, 0) is 64.0 Å². The average Bonchev–Trinajstić information content (AvgIpc) is 3.36. The molecule has 2 amide bonds. The van der Waals surface area contributed by atoms with Crippen molar-refractivity contribution in [1.29, 1.82) is 0 Å². The third-order valence-electron chi connectivity index (χ3n) is 7.19. The minimum atomic E-state index is -0.855. The van der Waals surface area contributed by atoms with Crippen LogP contribution in [-0.2, 0) is 9.59 Å². The number of para-hydroxylation sites is 1. The first-order chi connectivity index (χ1) is 17.4. The van der Waals surface area contributed by atoms with Crippen LogP contribution < -0.4 is 14.5 Å². The number of hydrogen-bond acceptors (Lipinski definition) is 5. The Bertz CT molecular complexity index is 1470. The first kappa shape index (κ1) is 23.0. The van der Waals surface area contributed by atoms with Crippen molar-refractivity contribution >= 4 is 62.6 Å². The first-order valence-electron chi connectivity index (χ1n) is 11.5. The lowest BCUT2D eigenvalue weighted by Gasteiger charge is -2.36. The maximum absolute atomic E-state index is 14.1. The van der Waals surface area contributed by atoms with Crippen molar-refractivity contribution in [2.24, 2.45) is 11.8 Å². The molecular formula is C28H20BrClN2O4. The molecule has 4 atom stereocenters. The highest BCUT2D eigenvalue weighted by molar-refractivity contribution is 9.10. The Labute approximate surface area is 221 Å². The van der Waals surface area contributed by atoms with Crippen molar-refractivity contribution in [1.82, 2.24) is 0 Å². The number of Topliss-reactive ketones (excluding diaryl/α,β-unsaturated/α-hetero) is 1. The summed E-state index contributed by atoms with van der Waals surface area (Å²) >= 11 is 9.63. The second kappa shape index (κ2) is 8.61. The first-order valence-corrected chi connectivity index (χ1v) is 12.6. The van der Waals surface area contributed by atoms with Crippen molar-refractivity contribution in [3.05, 3.63) is 93.4 Å². The SMILES string of the molecule is COc1ccc(C(=O)[C@@H]2[C@H]3C(=O)N(c4cccc(Cl)c4)C(=O)[C@@H]3[C@H]3C=Cc4ccccc4N32)cc1Br. The number of amides is 2. The van der Waals surface area contributed by atoms with E-state index in [1.807, 2.05) is 41.3 Å². The summed E-state index contributed by atoms with van der Waals surface area (Å²) in [5.41, 5.74) is 2.62. The summed E-state index contributed by atoms with van der Waals surface area (Å²) in [5, 5.41) is 0.425. The van der Waals surface area contributed by atoms with Gasteiger partial charge in [0.15, 0.2) is 5.78 Å². The van der Waals surface area contributed by atoms with Gasteiger partial charge in [0, 0.05) is 16.3 Å². The third kappa shape index (κ3) is 3.33. The molecule has 3 heterocycles. The zero-order valence-electron chi connectivity index (χ0n) is 19.1. The molecule has 2 fully saturated rings. The Morgan fingerprint density at radius 2 is 1.75 bits per heavy atom. The molecule has 8 heteroatoms. The number of halogens is 2. The lowest BCUT2D eigenvalue weighted by Crippen LogP contribution is -2.48. The predicted molar refractivity (Wildman–Crippen MR) is 141 cm³/mol. The molecule has 0 N–H and O–H groups in total. The van der Waals surface area contributed by atoms with E-state index in [4.69, 9.17) is 16.3 Å². The summed E-state index contributed by atoms with van der Waals surface area (Å²) < 4.78 is 5.95. The highest BCUT2D eigenvalue weighted by Gasteiger charge is 2.64. The number of methoxy groups -OCH3 is 1. The van der Waals surface area contributed by atoms with E-state index in [1.54, 1.807) is 49.6 Å². The second-order valence-electron chi connectivity index (χ2n) is 9.02. The number of fused-ring (bicyclic) bond motifs is 5. The number of anilines is 2. The largest absolute Gasteiger partial charge is 0.496 e. The van der Waals surface area contributed by atoms with Gasteiger partial charge in [0.2, 0.25) is 11.8 Å². The summed E-state index contributed by atoms with van der Waals surface area (Å²) in [7, 11) is 1.55. The van der Waals surface area contributed by atoms with E-state index >= 15 is 0 Å². The van der Waals surface area contributed by atoms with Gasteiger partial charge in [-0.25, -0.2) is 4.90 Å². The average molecular weight is 564 g/mol. The van der Waals surface area contributed by atoms with E-state index in [9.17, 15) is 14.4 Å². The van der Waals surface area contributed by atoms with Crippen LogP contribution in [0.2, 0.25) is 5.02 Å². The fourth-order valence-electron chi connectivity index (χ4n) is 5.67. The number of hydrogen-bond donors (Lipinski definition) is 0. The number of nitrogens with zero attached hydrogens (tertiary/aromatic N) is 2. The molecule has 3 aliphatic heterocycles. The molecule has 0 unspecified atom stereocenters. The topological polar surface area (TPSA) is 66.9 Å². The van der Waals surface area contributed by atoms with E-state index in [-0.39, 0.29) is 11.7 Å². The molecule has 180 valence electrons. The molecule has 3 aromatic rings. The van der Waals surface area contributed by atoms with Crippen molar-refractivity contribution in [3.8, 4) is 5.75 Å². The zero-order valence-corrected chi connectivity index (χ0v) is 21.4. The minimum Gasteiger partial charge on any atom is -0.496 e. The molecule has 2 saturated heterocycles. The molecule has 3 aliphatic rings. The van der Waals surface area contributed by atoms with Gasteiger partial charge in [-0.15, -0.1) is 0 Å². The van der Waals surface area contributed by atoms with E-state index < -0.39 is 29.8 Å². The van der Waals surface area contributed by atoms with Crippen LogP contribution in [0, 0.1) is 11.8 Å². The third-order valence-corrected chi connectivity index (χ3v) is 8.04. The molecule has 36 heavy (non-hydrogen) atoms. The van der Waals surface area contributed by atoms with Crippen LogP contribution in [0.1, 0.15) is 15.9 Å². The minimum absolute atomic E-state index is 0.227. The molecule has 0 bridgehead atoms. The lowest BCUT2D eigenvalue weighted by molar-refractivity contribution is -0.122. The molecule has 0 aliphatic carbocycles. The van der Waals surface area contributed by atoms with Gasteiger partial charge in [0.25, 0.3) is 0 Å². The van der Waals surface area contributed by atoms with E-state index in [2.05, 4.69) is 15.9 Å². The van der Waals surface area contributed by atoms with Gasteiger partial charge in [-0.1, -0.05) is 48.0 Å². The fourth-order valence-corrected chi connectivity index (χ4v) is 6.40. The van der Waals surface area contributed by atoms with E-state index in [0.29, 0.717) is 26.5 Å². The summed E-state index contributed by atoms with van der Waals surface area (Å²) in [5.74, 6) is -1.88. The normalized spacial score (nSPS) is 24.0. The van der Waals surface area contributed by atoms with Crippen LogP contribution in [0.15, 0.2) is 77.3 Å². The molecular weight excluding hydrogens is 544 g/mol. The molecule has 0 radical (unpaired) electrons. The molecule has 3 aromatic carbocycles. The molecule has 6 nitrogen and oxygen atoms in total. The quantitative estimate of drug-likeness (QED) is 0.315. The van der Waals surface area contributed by atoms with Crippen LogP contribution in [-0.4, -0.2) is 36.8 Å². The lowest BCUT2D eigenvalue weighted by atomic mass is 9.86. The van der Waals surface area contributed by atoms with Crippen LogP contribution in [0.25, 0.3) is 6.08 Å². The van der Waals surface area contributed by atoms with Crippen LogP contribution in [0.5, 0.6) is 5.75 Å². The van der Waals surface area contributed by atoms with E-state index in [0.717, 1.165) is 11.3 Å². The van der Waals surface area contributed by atoms with Crippen molar-refractivity contribution in [2.75, 3.05) is 16.9 Å². The zero-order chi connectivity index (χ0) is 25.1. The predicted octanol–water partition coefficient (Wildman–Crippen LogP) is 5.38. The summed E-state index contributed by atoms with van der Waals surface area (Å²) in [6.07, 6.45) is 3.90. The number of carbonyl (C=O) groups excluding carboxylic acids is 3. The van der Waals surface area contributed by atoms with Crippen molar-refractivity contribution in [2.45, 2.75) is 12.1 Å². The van der Waals surface area contributed by atoms with Gasteiger partial charge < -0.3 is 9.64 Å². The highest BCUT2D eigenvalue weighted by Crippen LogP contribution is 2.50. The number of ether oxygens (including phenoxy) is 1. The summed E-state index contributed by atoms with van der Waals surface area (Å²) in [6, 6.07) is 18.2. The Morgan fingerprint density at radius 1 is 0.972 bits per heavy atom. The van der Waals surface area contributed by atoms with Crippen LogP contribution >= 0.6 is 27.5 Å². The number of imide groups is 1. The van der Waals surface area contributed by atoms with Gasteiger partial charge >= 0.3 is 0 Å². The smallest absolute Gasteiger partial charge is 0.240 e. The van der Waals surface area contributed by atoms with Gasteiger partial charge in [-0.3, -0.25) is 14.4 Å². The fraction of sp³-hybridized carbons (Fsp3) is 0.179. The van der Waals surface area contributed by atoms with Crippen LogP contribution in [0.4, 0.5) is 11.4 Å². The van der Waals surface area contributed by atoms with Gasteiger partial charge in [-0.2, -0.15) is 0 Å². The van der Waals surface area contributed by atoms with Gasteiger partial charge in [0.05, 0.1) is 35.1 Å². The Balaban J connectivity index is 1.49. The van der Waals surface area contributed by atoms with Crippen LogP contribution in [0.3, 0.4) is 0 Å². The van der Waals surface area contributed by atoms with Crippen molar-refractivity contribution in [3.63, 3.8) is 0 Å². The maximum Gasteiger partial charge on any atom is 0.240 e. The number of benzene rings is 3. The number of ketones is 1. The van der Waals surface area contributed by atoms with Gasteiger partial charge in [0.1, 0.15) is 11.8 Å². The second-order valence-corrected chi connectivity index (χ2v) is 10.3. The molecule has 0 saturated carbocycles. The monoisotopic (exact) mass is 562 g/mol. The Morgan fingerprint density at radius 3 is 2.50 bits per heavy atom. The van der Waals surface area contributed by atoms with Crippen molar-refractivity contribution < 1.29 is 19.1 Å². The molecule has 0 spiro atoms. The Hall–Kier alpha value is -3.42. The number of carbonyl (C=O) groups is 3. The number of rotatable bonds is 4. The summed E-state index contributed by atoms with van der Waals surface area (Å²) in [4.78, 5) is 45.0. The molecule has 6 rings (SSSR count). The summed E-state index contributed by atoms with van der Waals surface area (Å²) in [6.45, 7) is 0. The standard InChI is InChI=1S/C28H20BrClN2O4/c1-36-22-12-10-16(13-19(22)29)26(33)25-24-23(21-11-9-15-5-2-3-8-20(15)32(21)25)27(34)31(28(24)35)18-7-4-6-17(30)14-18/h2-14,21,23-25H,1H3/t21-,23-,24+,25+/m1/s1. The Kier molecular flexibility index (Phi) is 5.50. The maximum atomic E-state index is 14.1. The van der Waals surface area contributed by atoms with E-state index in [1.165, 1.54) is 4.90 Å². The molecule has 0 aromatic heterocycles. The highest BCUT2D eigenvalue weighted by atomic mass is 79.9.